The highest BCUT2D eigenvalue weighted by molar-refractivity contribution is 7.92. The van der Waals surface area contributed by atoms with Crippen molar-refractivity contribution >= 4 is 33.3 Å². The minimum Gasteiger partial charge on any atom is -0.506 e. The number of anilines is 2. The van der Waals surface area contributed by atoms with Gasteiger partial charge in [-0.05, 0) is 61.7 Å². The number of piperidine rings is 1. The van der Waals surface area contributed by atoms with Crippen LogP contribution < -0.4 is 20.3 Å². The molecule has 0 radical (unpaired) electrons. The predicted octanol–water partition coefficient (Wildman–Crippen LogP) is 1.74. The molecule has 1 amide bonds. The second kappa shape index (κ2) is 13.4. The molecule has 5 N–H and O–H groups in total. The Morgan fingerprint density at radius 2 is 1.82 bits per heavy atom. The fraction of sp³-hybridized carbons (Fsp3) is 0.462. The number of hydrogen-bond donors (Lipinski definition) is 5. The van der Waals surface area contributed by atoms with Crippen LogP contribution in [0.5, 0.6) is 5.75 Å². The van der Waals surface area contributed by atoms with Crippen LogP contribution in [-0.2, 0) is 19.6 Å². The van der Waals surface area contributed by atoms with E-state index in [1.807, 2.05) is 12.1 Å². The molecule has 38 heavy (non-hydrogen) atoms. The van der Waals surface area contributed by atoms with Crippen LogP contribution in [0.3, 0.4) is 0 Å². The van der Waals surface area contributed by atoms with E-state index in [0.717, 1.165) is 37.9 Å². The predicted molar refractivity (Wildman–Crippen MR) is 145 cm³/mol. The van der Waals surface area contributed by atoms with Crippen LogP contribution >= 0.6 is 0 Å². The van der Waals surface area contributed by atoms with E-state index in [2.05, 4.69) is 20.3 Å². The third kappa shape index (κ3) is 8.89. The number of benzene rings is 2. The molecule has 3 rings (SSSR count). The summed E-state index contributed by atoms with van der Waals surface area (Å²) in [4.78, 5) is 25.9. The Morgan fingerprint density at radius 1 is 1.13 bits per heavy atom. The zero-order valence-corrected chi connectivity index (χ0v) is 22.5. The smallest absolute Gasteiger partial charge is 0.307 e. The highest BCUT2D eigenvalue weighted by atomic mass is 32.2. The van der Waals surface area contributed by atoms with Crippen molar-refractivity contribution < 1.29 is 33.0 Å². The van der Waals surface area contributed by atoms with Crippen LogP contribution in [0.2, 0.25) is 0 Å². The van der Waals surface area contributed by atoms with E-state index in [-0.39, 0.29) is 48.9 Å². The molecule has 1 aliphatic rings. The van der Waals surface area contributed by atoms with Crippen molar-refractivity contribution in [1.29, 1.82) is 0 Å². The molecule has 1 atom stereocenters. The normalized spacial score (nSPS) is 15.1. The lowest BCUT2D eigenvalue weighted by atomic mass is 10.0. The highest BCUT2D eigenvalue weighted by Crippen LogP contribution is 2.28. The first-order valence-electron chi connectivity index (χ1n) is 12.6. The van der Waals surface area contributed by atoms with E-state index < -0.39 is 16.1 Å². The summed E-state index contributed by atoms with van der Waals surface area (Å²) in [5.74, 6) is -0.795. The molecule has 1 aliphatic heterocycles. The van der Waals surface area contributed by atoms with Crippen LogP contribution in [0.1, 0.15) is 48.2 Å². The van der Waals surface area contributed by atoms with Gasteiger partial charge in [0.25, 0.3) is 5.91 Å². The van der Waals surface area contributed by atoms with Crippen molar-refractivity contribution in [2.24, 2.45) is 0 Å². The molecule has 0 spiro atoms. The first kappa shape index (κ1) is 29.2. The van der Waals surface area contributed by atoms with E-state index in [1.165, 1.54) is 12.1 Å². The average Bonchev–Trinajstić information content (AvgIpc) is 2.88. The summed E-state index contributed by atoms with van der Waals surface area (Å²) in [6.07, 6.45) is 1.97. The lowest BCUT2D eigenvalue weighted by Gasteiger charge is -2.34. The Morgan fingerprint density at radius 3 is 2.45 bits per heavy atom. The number of phenols is 1. The summed E-state index contributed by atoms with van der Waals surface area (Å²) in [7, 11) is -3.56. The van der Waals surface area contributed by atoms with E-state index >= 15 is 0 Å². The van der Waals surface area contributed by atoms with Gasteiger partial charge in [0.1, 0.15) is 5.75 Å². The Hall–Kier alpha value is -3.35. The minimum atomic E-state index is -3.56. The largest absolute Gasteiger partial charge is 0.506 e. The SMILES string of the molecule is CCOC(=O)CCNC(=O)c1ccc(N2CCC(NC[C@H](O)c3ccc(O)c(NS(C)(=O)=O)c3)CC2)cc1. The molecule has 0 aliphatic carbocycles. The standard InChI is InChI=1S/C26H36N4O7S/c1-3-37-25(33)10-13-27-26(34)18-4-7-21(8-5-18)30-14-11-20(12-15-30)28-17-24(32)19-6-9-23(31)22(16-19)29-38(2,35)36/h4-9,16,20,24,28-29,31-32H,3,10-15,17H2,1-2H3,(H,27,34)/t24-/m0/s1. The van der Waals surface area contributed by atoms with Crippen LogP contribution in [0.25, 0.3) is 0 Å². The number of nitrogens with zero attached hydrogens (tertiary/aromatic N) is 1. The van der Waals surface area contributed by atoms with Gasteiger partial charge in [0.2, 0.25) is 10.0 Å². The summed E-state index contributed by atoms with van der Waals surface area (Å²) < 4.78 is 30.1. The van der Waals surface area contributed by atoms with E-state index in [9.17, 15) is 28.2 Å². The van der Waals surface area contributed by atoms with E-state index in [1.54, 1.807) is 25.1 Å². The van der Waals surface area contributed by atoms with Crippen molar-refractivity contribution in [2.75, 3.05) is 48.7 Å². The van der Waals surface area contributed by atoms with Gasteiger partial charge in [-0.2, -0.15) is 0 Å². The minimum absolute atomic E-state index is 0.0255. The second-order valence-electron chi connectivity index (χ2n) is 9.19. The van der Waals surface area contributed by atoms with Crippen LogP contribution in [0, 0.1) is 0 Å². The number of ether oxygens (including phenoxy) is 1. The molecular weight excluding hydrogens is 512 g/mol. The fourth-order valence-electron chi connectivity index (χ4n) is 4.22. The summed E-state index contributed by atoms with van der Waals surface area (Å²) in [6, 6.07) is 11.9. The third-order valence-electron chi connectivity index (χ3n) is 6.21. The zero-order valence-electron chi connectivity index (χ0n) is 21.6. The topological polar surface area (TPSA) is 157 Å². The molecule has 0 aromatic heterocycles. The van der Waals surface area contributed by atoms with Crippen molar-refractivity contribution in [3.05, 3.63) is 53.6 Å². The number of carbonyl (C=O) groups excluding carboxylic acids is 2. The van der Waals surface area contributed by atoms with E-state index in [0.29, 0.717) is 17.7 Å². The zero-order chi connectivity index (χ0) is 27.7. The number of carbonyl (C=O) groups is 2. The lowest BCUT2D eigenvalue weighted by Crippen LogP contribution is -2.43. The second-order valence-corrected chi connectivity index (χ2v) is 10.9. The molecular formula is C26H36N4O7S. The number of esters is 1. The summed E-state index contributed by atoms with van der Waals surface area (Å²) in [6.45, 7) is 4.17. The highest BCUT2D eigenvalue weighted by Gasteiger charge is 2.21. The maximum atomic E-state index is 12.3. The Labute approximate surface area is 223 Å². The van der Waals surface area contributed by atoms with Gasteiger partial charge in [-0.3, -0.25) is 14.3 Å². The molecule has 11 nitrogen and oxygen atoms in total. The van der Waals surface area contributed by atoms with Crippen LogP contribution in [0.15, 0.2) is 42.5 Å². The number of rotatable bonds is 12. The fourth-order valence-corrected chi connectivity index (χ4v) is 4.78. The van der Waals surface area contributed by atoms with Gasteiger partial charge in [0.15, 0.2) is 0 Å². The number of aromatic hydroxyl groups is 1. The number of aliphatic hydroxyl groups is 1. The third-order valence-corrected chi connectivity index (χ3v) is 6.80. The number of phenolic OH excluding ortho intramolecular Hbond substituents is 1. The lowest BCUT2D eigenvalue weighted by molar-refractivity contribution is -0.142. The van der Waals surface area contributed by atoms with Crippen molar-refractivity contribution in [3.63, 3.8) is 0 Å². The molecule has 208 valence electrons. The molecule has 2 aromatic carbocycles. The molecule has 2 aromatic rings. The van der Waals surface area contributed by atoms with Gasteiger partial charge < -0.3 is 30.5 Å². The summed E-state index contributed by atoms with van der Waals surface area (Å²) in [5.41, 5.74) is 2.05. The van der Waals surface area contributed by atoms with E-state index in [4.69, 9.17) is 4.74 Å². The number of sulfonamides is 1. The van der Waals surface area contributed by atoms with Crippen LogP contribution in [0.4, 0.5) is 11.4 Å². The molecule has 0 unspecified atom stereocenters. The Bertz CT molecular complexity index is 1200. The quantitative estimate of drug-likeness (QED) is 0.197. The monoisotopic (exact) mass is 548 g/mol. The average molecular weight is 549 g/mol. The molecule has 1 heterocycles. The van der Waals surface area contributed by atoms with Crippen molar-refractivity contribution in [1.82, 2.24) is 10.6 Å². The first-order valence-corrected chi connectivity index (χ1v) is 14.5. The van der Waals surface area contributed by atoms with Crippen molar-refractivity contribution in [3.8, 4) is 5.75 Å². The summed E-state index contributed by atoms with van der Waals surface area (Å²) >= 11 is 0. The number of amides is 1. The Balaban J connectivity index is 1.44. The maximum absolute atomic E-state index is 12.3. The van der Waals surface area contributed by atoms with Gasteiger partial charge >= 0.3 is 5.97 Å². The number of hydrogen-bond acceptors (Lipinski definition) is 9. The Kier molecular flexibility index (Phi) is 10.3. The molecule has 0 saturated carbocycles. The number of aliphatic hydroxyl groups excluding tert-OH is 1. The van der Waals surface area contributed by atoms with Gasteiger partial charge in [-0.1, -0.05) is 6.07 Å². The molecule has 1 fully saturated rings. The molecule has 1 saturated heterocycles. The first-order chi connectivity index (χ1) is 18.1. The van der Waals surface area contributed by atoms with Gasteiger partial charge in [0, 0.05) is 43.5 Å². The van der Waals surface area contributed by atoms with Crippen LogP contribution in [-0.4, -0.2) is 75.6 Å². The summed E-state index contributed by atoms with van der Waals surface area (Å²) in [5, 5.41) is 26.6. The molecule has 0 bridgehead atoms. The van der Waals surface area contributed by atoms with Gasteiger partial charge in [-0.15, -0.1) is 0 Å². The maximum Gasteiger partial charge on any atom is 0.307 e. The molecule has 12 heteroatoms. The van der Waals surface area contributed by atoms with Crippen molar-refractivity contribution in [2.45, 2.75) is 38.3 Å². The van der Waals surface area contributed by atoms with Gasteiger partial charge in [0.05, 0.1) is 31.1 Å². The van der Waals surface area contributed by atoms with Gasteiger partial charge in [-0.25, -0.2) is 8.42 Å². The number of nitrogens with one attached hydrogen (secondary N) is 3.